The second kappa shape index (κ2) is 3.02. The zero-order valence-corrected chi connectivity index (χ0v) is 5.89. The molecule has 0 unspecified atom stereocenters. The van der Waals surface area contributed by atoms with Gasteiger partial charge in [-0.25, -0.2) is 4.39 Å². The number of ether oxygens (including phenoxy) is 1. The Labute approximate surface area is 63.8 Å². The van der Waals surface area contributed by atoms with Gasteiger partial charge in [-0.2, -0.15) is 5.26 Å². The number of methoxy groups -OCH3 is 1. The van der Waals surface area contributed by atoms with Gasteiger partial charge < -0.3 is 4.74 Å². The van der Waals surface area contributed by atoms with Crippen LogP contribution in [0.2, 0.25) is 0 Å². The zero-order chi connectivity index (χ0) is 8.27. The highest BCUT2D eigenvalue weighted by atomic mass is 19.1. The van der Waals surface area contributed by atoms with Crippen molar-refractivity contribution >= 4 is 0 Å². The number of nitriles is 1. The predicted octanol–water partition coefficient (Wildman–Crippen LogP) is 1.51. The van der Waals surface area contributed by atoms with E-state index in [1.807, 2.05) is 0 Å². The average Bonchev–Trinajstić information content (AvgIpc) is 2.05. The standard InChI is InChI=1S/C8H5FNO/c1-11-7-2-3-8(9)6(4-7)5-10/h2,4H,1H3. The first-order chi connectivity index (χ1) is 5.27. The molecule has 0 aromatic heterocycles. The van der Waals surface area contributed by atoms with Gasteiger partial charge in [0.05, 0.1) is 12.7 Å². The van der Waals surface area contributed by atoms with Gasteiger partial charge in [-0.3, -0.25) is 0 Å². The highest BCUT2D eigenvalue weighted by Gasteiger charge is 2.01. The van der Waals surface area contributed by atoms with Crippen molar-refractivity contribution in [1.82, 2.24) is 0 Å². The topological polar surface area (TPSA) is 33.0 Å². The Morgan fingerprint density at radius 2 is 2.45 bits per heavy atom. The van der Waals surface area contributed by atoms with Crippen molar-refractivity contribution in [3.05, 3.63) is 29.6 Å². The summed E-state index contributed by atoms with van der Waals surface area (Å²) < 4.78 is 17.3. The minimum atomic E-state index is -0.645. The monoisotopic (exact) mass is 150 g/mol. The van der Waals surface area contributed by atoms with E-state index in [0.29, 0.717) is 5.75 Å². The first-order valence-electron chi connectivity index (χ1n) is 2.93. The van der Waals surface area contributed by atoms with Crippen molar-refractivity contribution in [3.8, 4) is 11.8 Å². The van der Waals surface area contributed by atoms with E-state index in [1.54, 1.807) is 6.07 Å². The van der Waals surface area contributed by atoms with Crippen molar-refractivity contribution in [3.63, 3.8) is 0 Å². The van der Waals surface area contributed by atoms with Gasteiger partial charge in [-0.1, -0.05) is 0 Å². The minimum Gasteiger partial charge on any atom is -0.497 e. The van der Waals surface area contributed by atoms with Gasteiger partial charge in [0.2, 0.25) is 0 Å². The number of benzene rings is 1. The highest BCUT2D eigenvalue weighted by Crippen LogP contribution is 2.14. The fourth-order valence-electron chi connectivity index (χ4n) is 0.659. The molecule has 0 N–H and O–H groups in total. The quantitative estimate of drug-likeness (QED) is 0.607. The van der Waals surface area contributed by atoms with Gasteiger partial charge >= 0.3 is 0 Å². The maximum absolute atomic E-state index is 12.6. The number of halogens is 1. The Hall–Kier alpha value is -1.56. The summed E-state index contributed by atoms with van der Waals surface area (Å²) in [5.74, 6) is -0.212. The van der Waals surface area contributed by atoms with Crippen LogP contribution in [0.4, 0.5) is 4.39 Å². The molecule has 0 heterocycles. The van der Waals surface area contributed by atoms with Gasteiger partial charge in [0.15, 0.2) is 0 Å². The Bertz CT molecular complexity index is 303. The molecule has 0 aliphatic carbocycles. The maximum Gasteiger partial charge on any atom is 0.149 e. The largest absolute Gasteiger partial charge is 0.497 e. The Morgan fingerprint density at radius 3 is 3.00 bits per heavy atom. The molecule has 0 aliphatic heterocycles. The maximum atomic E-state index is 12.6. The van der Waals surface area contributed by atoms with Crippen LogP contribution < -0.4 is 4.74 Å². The smallest absolute Gasteiger partial charge is 0.149 e. The Balaban J connectivity index is 3.15. The zero-order valence-electron chi connectivity index (χ0n) is 5.89. The lowest BCUT2D eigenvalue weighted by Gasteiger charge is -1.98. The van der Waals surface area contributed by atoms with E-state index in [9.17, 15) is 4.39 Å². The molecule has 55 valence electrons. The van der Waals surface area contributed by atoms with Crippen molar-refractivity contribution in [1.29, 1.82) is 5.26 Å². The van der Waals surface area contributed by atoms with E-state index in [2.05, 4.69) is 6.07 Å². The van der Waals surface area contributed by atoms with Gasteiger partial charge in [0.1, 0.15) is 17.6 Å². The van der Waals surface area contributed by atoms with Crippen LogP contribution in [0.15, 0.2) is 12.1 Å². The summed E-state index contributed by atoms with van der Waals surface area (Å²) in [7, 11) is 1.45. The number of rotatable bonds is 1. The molecule has 0 aliphatic rings. The molecule has 0 saturated carbocycles. The van der Waals surface area contributed by atoms with E-state index in [0.717, 1.165) is 0 Å². The summed E-state index contributed by atoms with van der Waals surface area (Å²) in [5.41, 5.74) is -0.0515. The van der Waals surface area contributed by atoms with Crippen LogP contribution in [0.1, 0.15) is 5.56 Å². The highest BCUT2D eigenvalue weighted by molar-refractivity contribution is 5.36. The lowest BCUT2D eigenvalue weighted by atomic mass is 10.2. The summed E-state index contributed by atoms with van der Waals surface area (Å²) in [6.45, 7) is 0. The second-order valence-corrected chi connectivity index (χ2v) is 1.88. The van der Waals surface area contributed by atoms with Crippen molar-refractivity contribution in [2.75, 3.05) is 7.11 Å². The van der Waals surface area contributed by atoms with Crippen molar-refractivity contribution in [2.24, 2.45) is 0 Å². The third-order valence-electron chi connectivity index (χ3n) is 1.22. The molecule has 0 atom stereocenters. The molecular weight excluding hydrogens is 145 g/mol. The molecule has 1 aromatic carbocycles. The average molecular weight is 150 g/mol. The predicted molar refractivity (Wildman–Crippen MR) is 36.5 cm³/mol. The van der Waals surface area contributed by atoms with Crippen LogP contribution in [-0.2, 0) is 0 Å². The van der Waals surface area contributed by atoms with Crippen molar-refractivity contribution < 1.29 is 9.13 Å². The van der Waals surface area contributed by atoms with Gasteiger partial charge in [-0.15, -0.1) is 0 Å². The number of hydrogen-bond donors (Lipinski definition) is 0. The third-order valence-corrected chi connectivity index (χ3v) is 1.22. The van der Waals surface area contributed by atoms with Crippen LogP contribution >= 0.6 is 0 Å². The normalized spacial score (nSPS) is 8.82. The molecule has 1 aromatic rings. The second-order valence-electron chi connectivity index (χ2n) is 1.88. The Kier molecular flexibility index (Phi) is 2.07. The first kappa shape index (κ1) is 7.55. The minimum absolute atomic E-state index is 0.0515. The van der Waals surface area contributed by atoms with E-state index >= 15 is 0 Å². The van der Waals surface area contributed by atoms with Crippen LogP contribution in [0.3, 0.4) is 0 Å². The molecular formula is C8H5FNO. The third kappa shape index (κ3) is 1.47. The molecule has 1 rings (SSSR count). The van der Waals surface area contributed by atoms with Crippen LogP contribution in [0.25, 0.3) is 0 Å². The van der Waals surface area contributed by atoms with Crippen molar-refractivity contribution in [2.45, 2.75) is 0 Å². The van der Waals surface area contributed by atoms with E-state index in [4.69, 9.17) is 10.00 Å². The lowest BCUT2D eigenvalue weighted by molar-refractivity contribution is 0.413. The van der Waals surface area contributed by atoms with E-state index < -0.39 is 5.82 Å². The number of nitrogens with zero attached hydrogens (tertiary/aromatic N) is 1. The Morgan fingerprint density at radius 1 is 1.73 bits per heavy atom. The first-order valence-corrected chi connectivity index (χ1v) is 2.93. The van der Waals surface area contributed by atoms with E-state index in [-0.39, 0.29) is 5.56 Å². The molecule has 0 saturated heterocycles. The molecule has 1 radical (unpaired) electrons. The van der Waals surface area contributed by atoms with Crippen LogP contribution in [0.5, 0.6) is 5.75 Å². The summed E-state index contributed by atoms with van der Waals surface area (Å²) in [5, 5.41) is 8.37. The fourth-order valence-corrected chi connectivity index (χ4v) is 0.659. The van der Waals surface area contributed by atoms with E-state index in [1.165, 1.54) is 19.2 Å². The molecule has 0 fully saturated rings. The van der Waals surface area contributed by atoms with Crippen LogP contribution in [0, 0.1) is 23.2 Å². The molecule has 0 spiro atoms. The van der Waals surface area contributed by atoms with Gasteiger partial charge in [-0.05, 0) is 6.07 Å². The lowest BCUT2D eigenvalue weighted by Crippen LogP contribution is -1.87. The molecule has 11 heavy (non-hydrogen) atoms. The molecule has 3 heteroatoms. The van der Waals surface area contributed by atoms with Gasteiger partial charge in [0.25, 0.3) is 0 Å². The molecule has 0 amide bonds. The van der Waals surface area contributed by atoms with Crippen LogP contribution in [-0.4, -0.2) is 7.11 Å². The van der Waals surface area contributed by atoms with Gasteiger partial charge in [0, 0.05) is 12.1 Å². The SMILES string of the molecule is COc1c[c]c(F)c(C#N)c1. The summed E-state index contributed by atoms with van der Waals surface area (Å²) >= 11 is 0. The summed E-state index contributed by atoms with van der Waals surface area (Å²) in [6.07, 6.45) is 0. The summed E-state index contributed by atoms with van der Waals surface area (Å²) in [4.78, 5) is 0. The molecule has 0 bridgehead atoms. The number of hydrogen-bond acceptors (Lipinski definition) is 2. The summed E-state index contributed by atoms with van der Waals surface area (Å²) in [6, 6.07) is 6.61. The fraction of sp³-hybridized carbons (Fsp3) is 0.125. The molecule has 2 nitrogen and oxygen atoms in total.